The van der Waals surface area contributed by atoms with Gasteiger partial charge in [-0.2, -0.15) is 0 Å². The van der Waals surface area contributed by atoms with Gasteiger partial charge in [0.05, 0.1) is 7.11 Å². The predicted molar refractivity (Wildman–Crippen MR) is 92.9 cm³/mol. The predicted octanol–water partition coefficient (Wildman–Crippen LogP) is 5.17. The Morgan fingerprint density at radius 1 is 0.909 bits per heavy atom. The summed E-state index contributed by atoms with van der Waals surface area (Å²) < 4.78 is 4.49. The molecule has 130 valence electrons. The minimum absolute atomic E-state index is 0.513. The number of ether oxygens (including phenoxy) is 1. The second-order valence-electron chi connectivity index (χ2n) is 6.06. The fourth-order valence-electron chi connectivity index (χ4n) is 2.49. The van der Waals surface area contributed by atoms with Crippen molar-refractivity contribution in [2.45, 2.75) is 96.5 Å². The van der Waals surface area contributed by atoms with Crippen molar-refractivity contribution in [2.75, 3.05) is 7.11 Å². The maximum atomic E-state index is 11.0. The first-order valence-electron chi connectivity index (χ1n) is 9.13. The summed E-state index contributed by atoms with van der Waals surface area (Å²) in [6.07, 6.45) is 19.0. The molecule has 0 amide bonds. The molecule has 1 atom stereocenters. The summed E-state index contributed by atoms with van der Waals surface area (Å²) in [6, 6.07) is 0. The van der Waals surface area contributed by atoms with Crippen molar-refractivity contribution in [2.24, 2.45) is 0 Å². The van der Waals surface area contributed by atoms with Gasteiger partial charge in [-0.25, -0.2) is 4.79 Å². The van der Waals surface area contributed by atoms with Gasteiger partial charge in [0.25, 0.3) is 0 Å². The number of methoxy groups -OCH3 is 1. The lowest BCUT2D eigenvalue weighted by molar-refractivity contribution is -0.150. The molecule has 0 aromatic heterocycles. The molecule has 0 rings (SSSR count). The third-order valence-electron chi connectivity index (χ3n) is 3.96. The summed E-state index contributed by atoms with van der Waals surface area (Å²) in [5.74, 6) is -0.513. The van der Waals surface area contributed by atoms with Crippen LogP contribution in [0.4, 0.5) is 0 Å². The van der Waals surface area contributed by atoms with E-state index in [0.717, 1.165) is 12.8 Å². The van der Waals surface area contributed by atoms with Gasteiger partial charge in [0.15, 0.2) is 6.10 Å². The van der Waals surface area contributed by atoms with E-state index in [1.807, 2.05) is 0 Å². The van der Waals surface area contributed by atoms with Crippen LogP contribution in [0.15, 0.2) is 12.2 Å². The zero-order valence-corrected chi connectivity index (χ0v) is 14.7. The summed E-state index contributed by atoms with van der Waals surface area (Å²) in [5, 5.41) is 9.43. The molecule has 3 heteroatoms. The Balaban J connectivity index is 3.20. The third kappa shape index (κ3) is 14.1. The smallest absolute Gasteiger partial charge is 0.334 e. The maximum Gasteiger partial charge on any atom is 0.334 e. The van der Waals surface area contributed by atoms with E-state index in [1.165, 1.54) is 71.3 Å². The number of hydrogen-bond acceptors (Lipinski definition) is 3. The van der Waals surface area contributed by atoms with E-state index in [-0.39, 0.29) is 0 Å². The zero-order chi connectivity index (χ0) is 16.5. The molecular formula is C19H36O3. The monoisotopic (exact) mass is 312 g/mol. The minimum atomic E-state index is -0.938. The van der Waals surface area contributed by atoms with Crippen LogP contribution in [0.1, 0.15) is 90.4 Å². The number of aliphatic hydroxyl groups excluding tert-OH is 1. The van der Waals surface area contributed by atoms with E-state index in [1.54, 1.807) is 0 Å². The first kappa shape index (κ1) is 21.2. The number of rotatable bonds is 15. The normalized spacial score (nSPS) is 12.7. The molecule has 0 aliphatic rings. The van der Waals surface area contributed by atoms with Crippen LogP contribution in [0.5, 0.6) is 0 Å². The topological polar surface area (TPSA) is 46.5 Å². The molecule has 0 radical (unpaired) electrons. The van der Waals surface area contributed by atoms with Crippen molar-refractivity contribution >= 4 is 5.97 Å². The van der Waals surface area contributed by atoms with Gasteiger partial charge in [-0.3, -0.25) is 0 Å². The van der Waals surface area contributed by atoms with Gasteiger partial charge in [-0.15, -0.1) is 0 Å². The van der Waals surface area contributed by atoms with Gasteiger partial charge >= 0.3 is 5.97 Å². The first-order chi connectivity index (χ1) is 10.7. The Bertz CT molecular complexity index is 274. The fraction of sp³-hybridized carbons (Fsp3) is 0.842. The highest BCUT2D eigenvalue weighted by molar-refractivity contribution is 5.74. The van der Waals surface area contributed by atoms with Crippen molar-refractivity contribution in [3.63, 3.8) is 0 Å². The Hall–Kier alpha value is -0.830. The number of hydrogen-bond donors (Lipinski definition) is 1. The number of allylic oxidation sites excluding steroid dienone is 2. The molecule has 0 heterocycles. The first-order valence-corrected chi connectivity index (χ1v) is 9.13. The van der Waals surface area contributed by atoms with Crippen LogP contribution in [0.2, 0.25) is 0 Å². The van der Waals surface area contributed by atoms with E-state index in [2.05, 4.69) is 23.8 Å². The molecule has 0 unspecified atom stereocenters. The second kappa shape index (κ2) is 16.5. The third-order valence-corrected chi connectivity index (χ3v) is 3.96. The van der Waals surface area contributed by atoms with Crippen molar-refractivity contribution in [1.29, 1.82) is 0 Å². The van der Waals surface area contributed by atoms with Gasteiger partial charge in [0.2, 0.25) is 0 Å². The van der Waals surface area contributed by atoms with Crippen molar-refractivity contribution < 1.29 is 14.6 Å². The number of carbonyl (C=O) groups excluding carboxylic acids is 1. The van der Waals surface area contributed by atoms with Crippen molar-refractivity contribution in [3.05, 3.63) is 12.2 Å². The van der Waals surface area contributed by atoms with E-state index in [0.29, 0.717) is 6.42 Å². The number of aliphatic hydroxyl groups is 1. The Morgan fingerprint density at radius 2 is 1.41 bits per heavy atom. The van der Waals surface area contributed by atoms with Gasteiger partial charge < -0.3 is 9.84 Å². The minimum Gasteiger partial charge on any atom is -0.467 e. The molecule has 0 fully saturated rings. The Morgan fingerprint density at radius 3 is 1.95 bits per heavy atom. The molecule has 22 heavy (non-hydrogen) atoms. The molecule has 0 bridgehead atoms. The van der Waals surface area contributed by atoms with Gasteiger partial charge in [-0.1, -0.05) is 70.4 Å². The molecule has 0 spiro atoms. The highest BCUT2D eigenvalue weighted by Gasteiger charge is 2.13. The van der Waals surface area contributed by atoms with E-state index >= 15 is 0 Å². The number of carbonyl (C=O) groups is 1. The molecule has 0 aromatic rings. The standard InChI is InChI=1S/C19H36O3/c1-3-4-5-6-7-8-9-10-11-12-13-14-15-16-17-18(20)19(21)22-2/h8-9,18,20H,3-7,10-17H2,1-2H3/b9-8-/t18-/m0/s1. The van der Waals surface area contributed by atoms with E-state index < -0.39 is 12.1 Å². The quantitative estimate of drug-likeness (QED) is 0.258. The van der Waals surface area contributed by atoms with Crippen LogP contribution >= 0.6 is 0 Å². The average molecular weight is 312 g/mol. The summed E-state index contributed by atoms with van der Waals surface area (Å²) >= 11 is 0. The Labute approximate surface area is 137 Å². The summed E-state index contributed by atoms with van der Waals surface area (Å²) in [7, 11) is 1.31. The molecule has 0 saturated heterocycles. The van der Waals surface area contributed by atoms with Crippen molar-refractivity contribution in [3.8, 4) is 0 Å². The van der Waals surface area contributed by atoms with Crippen molar-refractivity contribution in [1.82, 2.24) is 0 Å². The van der Waals surface area contributed by atoms with Crippen LogP contribution in [0.25, 0.3) is 0 Å². The van der Waals surface area contributed by atoms with Crippen LogP contribution in [-0.2, 0) is 9.53 Å². The van der Waals surface area contributed by atoms with Crippen LogP contribution in [-0.4, -0.2) is 24.3 Å². The lowest BCUT2D eigenvalue weighted by atomic mass is 10.1. The summed E-state index contributed by atoms with van der Waals surface area (Å²) in [5.41, 5.74) is 0. The van der Waals surface area contributed by atoms with E-state index in [4.69, 9.17) is 0 Å². The molecule has 3 nitrogen and oxygen atoms in total. The Kier molecular flexibility index (Phi) is 15.9. The van der Waals surface area contributed by atoms with Gasteiger partial charge in [0.1, 0.15) is 0 Å². The van der Waals surface area contributed by atoms with E-state index in [9.17, 15) is 9.90 Å². The molecule has 0 aromatic carbocycles. The highest BCUT2D eigenvalue weighted by atomic mass is 16.5. The lowest BCUT2D eigenvalue weighted by Gasteiger charge is -2.07. The van der Waals surface area contributed by atoms with Crippen LogP contribution in [0, 0.1) is 0 Å². The molecular weight excluding hydrogens is 276 g/mol. The molecule has 0 aliphatic carbocycles. The highest BCUT2D eigenvalue weighted by Crippen LogP contribution is 2.11. The van der Waals surface area contributed by atoms with Gasteiger partial charge in [0, 0.05) is 0 Å². The second-order valence-corrected chi connectivity index (χ2v) is 6.06. The molecule has 0 aliphatic heterocycles. The maximum absolute atomic E-state index is 11.0. The summed E-state index contributed by atoms with van der Waals surface area (Å²) in [4.78, 5) is 11.0. The lowest BCUT2D eigenvalue weighted by Crippen LogP contribution is -2.21. The van der Waals surface area contributed by atoms with Gasteiger partial charge in [-0.05, 0) is 32.1 Å². The molecule has 0 saturated carbocycles. The fourth-order valence-corrected chi connectivity index (χ4v) is 2.49. The average Bonchev–Trinajstić information content (AvgIpc) is 2.54. The zero-order valence-electron chi connectivity index (χ0n) is 14.7. The SMILES string of the molecule is CCCCCC/C=C\CCCCCCCC[C@H](O)C(=O)OC. The van der Waals surface area contributed by atoms with Crippen LogP contribution in [0.3, 0.4) is 0 Å². The summed E-state index contributed by atoms with van der Waals surface area (Å²) in [6.45, 7) is 2.25. The molecule has 1 N–H and O–H groups in total. The number of unbranched alkanes of at least 4 members (excludes halogenated alkanes) is 10. The number of esters is 1. The largest absolute Gasteiger partial charge is 0.467 e. The van der Waals surface area contributed by atoms with Crippen LogP contribution < -0.4 is 0 Å².